The molecule has 0 atom stereocenters. The molecular weight excluding hydrogens is 320 g/mol. The van der Waals surface area contributed by atoms with Gasteiger partial charge in [0.1, 0.15) is 0 Å². The molecule has 0 bridgehead atoms. The second-order valence-corrected chi connectivity index (χ2v) is 6.28. The SMILES string of the molecule is CCc1ccccc1Nc1ccc(NC(=O)Cc2cccs2)nn1. The Bertz CT molecular complexity index is 800. The zero-order chi connectivity index (χ0) is 16.8. The second-order valence-electron chi connectivity index (χ2n) is 5.24. The Labute approximate surface area is 144 Å². The van der Waals surface area contributed by atoms with Gasteiger partial charge in [-0.2, -0.15) is 0 Å². The summed E-state index contributed by atoms with van der Waals surface area (Å²) in [5.41, 5.74) is 2.23. The molecule has 0 radical (unpaired) electrons. The van der Waals surface area contributed by atoms with Gasteiger partial charge in [0.05, 0.1) is 6.42 Å². The van der Waals surface area contributed by atoms with E-state index in [-0.39, 0.29) is 5.91 Å². The average molecular weight is 338 g/mol. The van der Waals surface area contributed by atoms with Crippen molar-refractivity contribution in [2.75, 3.05) is 10.6 Å². The van der Waals surface area contributed by atoms with Crippen LogP contribution in [0.4, 0.5) is 17.3 Å². The molecule has 0 spiro atoms. The van der Waals surface area contributed by atoms with Crippen LogP contribution in [0.25, 0.3) is 0 Å². The maximum Gasteiger partial charge on any atom is 0.230 e. The largest absolute Gasteiger partial charge is 0.339 e. The Morgan fingerprint density at radius 1 is 1.04 bits per heavy atom. The monoisotopic (exact) mass is 338 g/mol. The molecule has 0 fully saturated rings. The summed E-state index contributed by atoms with van der Waals surface area (Å²) in [5, 5.41) is 16.2. The fourth-order valence-electron chi connectivity index (χ4n) is 2.31. The van der Waals surface area contributed by atoms with E-state index >= 15 is 0 Å². The highest BCUT2D eigenvalue weighted by molar-refractivity contribution is 7.10. The highest BCUT2D eigenvalue weighted by Gasteiger charge is 2.07. The predicted octanol–water partition coefficient (Wildman–Crippen LogP) is 4.03. The van der Waals surface area contributed by atoms with Gasteiger partial charge in [0.2, 0.25) is 5.91 Å². The minimum atomic E-state index is -0.0937. The minimum Gasteiger partial charge on any atom is -0.339 e. The van der Waals surface area contributed by atoms with Gasteiger partial charge in [-0.3, -0.25) is 4.79 Å². The lowest BCUT2D eigenvalue weighted by atomic mass is 10.1. The fourth-order valence-corrected chi connectivity index (χ4v) is 3.02. The molecule has 0 unspecified atom stereocenters. The van der Waals surface area contributed by atoms with E-state index in [0.717, 1.165) is 17.0 Å². The maximum absolute atomic E-state index is 12.0. The summed E-state index contributed by atoms with van der Waals surface area (Å²) < 4.78 is 0. The standard InChI is InChI=1S/C18H18N4OS/c1-2-13-6-3-4-8-15(13)19-16-9-10-17(22-21-16)20-18(23)12-14-7-5-11-24-14/h3-11H,2,12H2,1H3,(H,19,21)(H,20,22,23). The van der Waals surface area contributed by atoms with Crippen molar-refractivity contribution in [2.24, 2.45) is 0 Å². The first kappa shape index (κ1) is 16.1. The Morgan fingerprint density at radius 3 is 2.54 bits per heavy atom. The molecule has 2 aromatic heterocycles. The molecule has 0 aliphatic rings. The van der Waals surface area contributed by atoms with Gasteiger partial charge in [-0.25, -0.2) is 0 Å². The smallest absolute Gasteiger partial charge is 0.230 e. The lowest BCUT2D eigenvalue weighted by Crippen LogP contribution is -2.15. The third-order valence-electron chi connectivity index (χ3n) is 3.51. The lowest BCUT2D eigenvalue weighted by Gasteiger charge is -2.10. The summed E-state index contributed by atoms with van der Waals surface area (Å²) in [6.07, 6.45) is 1.29. The number of para-hydroxylation sites is 1. The molecule has 122 valence electrons. The van der Waals surface area contributed by atoms with E-state index in [1.54, 1.807) is 23.5 Å². The number of benzene rings is 1. The topological polar surface area (TPSA) is 66.9 Å². The Kier molecular flexibility index (Phi) is 5.18. The van der Waals surface area contributed by atoms with Gasteiger partial charge in [-0.15, -0.1) is 21.5 Å². The second kappa shape index (κ2) is 7.70. The summed E-state index contributed by atoms with van der Waals surface area (Å²) >= 11 is 1.56. The van der Waals surface area contributed by atoms with Gasteiger partial charge in [0, 0.05) is 10.6 Å². The van der Waals surface area contributed by atoms with Gasteiger partial charge in [-0.1, -0.05) is 31.2 Å². The number of aryl methyl sites for hydroxylation is 1. The van der Waals surface area contributed by atoms with Crippen molar-refractivity contribution < 1.29 is 4.79 Å². The molecule has 2 N–H and O–H groups in total. The van der Waals surface area contributed by atoms with Crippen LogP contribution >= 0.6 is 11.3 Å². The molecule has 3 rings (SSSR count). The number of anilines is 3. The van der Waals surface area contributed by atoms with Gasteiger partial charge in [0.15, 0.2) is 11.6 Å². The van der Waals surface area contributed by atoms with E-state index in [2.05, 4.69) is 33.8 Å². The van der Waals surface area contributed by atoms with Gasteiger partial charge >= 0.3 is 0 Å². The first-order valence-corrected chi connectivity index (χ1v) is 8.63. The summed E-state index contributed by atoms with van der Waals surface area (Å²) in [6.45, 7) is 2.11. The Morgan fingerprint density at radius 2 is 1.83 bits per heavy atom. The Hall–Kier alpha value is -2.73. The van der Waals surface area contributed by atoms with E-state index in [0.29, 0.717) is 18.1 Å². The van der Waals surface area contributed by atoms with Crippen LogP contribution in [-0.4, -0.2) is 16.1 Å². The van der Waals surface area contributed by atoms with Gasteiger partial charge in [-0.05, 0) is 41.6 Å². The van der Waals surface area contributed by atoms with Crippen LogP contribution in [-0.2, 0) is 17.6 Å². The first-order valence-electron chi connectivity index (χ1n) is 7.75. The molecule has 0 aliphatic heterocycles. The van der Waals surface area contributed by atoms with E-state index in [1.807, 2.05) is 35.7 Å². The van der Waals surface area contributed by atoms with E-state index in [1.165, 1.54) is 5.56 Å². The van der Waals surface area contributed by atoms with Crippen LogP contribution in [0.5, 0.6) is 0 Å². The van der Waals surface area contributed by atoms with Crippen molar-refractivity contribution in [3.8, 4) is 0 Å². The number of aromatic nitrogens is 2. The fraction of sp³-hybridized carbons (Fsp3) is 0.167. The van der Waals surface area contributed by atoms with Crippen molar-refractivity contribution >= 4 is 34.6 Å². The molecule has 6 heteroatoms. The summed E-state index contributed by atoms with van der Waals surface area (Å²) in [5.74, 6) is 1.00. The van der Waals surface area contributed by atoms with Gasteiger partial charge < -0.3 is 10.6 Å². The summed E-state index contributed by atoms with van der Waals surface area (Å²) in [6, 6.07) is 15.5. The zero-order valence-electron chi connectivity index (χ0n) is 13.3. The maximum atomic E-state index is 12.0. The molecular formula is C18H18N4OS. The van der Waals surface area contributed by atoms with Crippen LogP contribution < -0.4 is 10.6 Å². The molecule has 2 heterocycles. The van der Waals surface area contributed by atoms with E-state index in [4.69, 9.17) is 0 Å². The quantitative estimate of drug-likeness (QED) is 0.712. The molecule has 24 heavy (non-hydrogen) atoms. The number of hydrogen-bond acceptors (Lipinski definition) is 5. The van der Waals surface area contributed by atoms with Crippen LogP contribution in [0, 0.1) is 0 Å². The minimum absolute atomic E-state index is 0.0937. The van der Waals surface area contributed by atoms with E-state index in [9.17, 15) is 4.79 Å². The molecule has 1 aromatic carbocycles. The van der Waals surface area contributed by atoms with Crippen LogP contribution in [0.1, 0.15) is 17.4 Å². The Balaban J connectivity index is 1.62. The number of rotatable bonds is 6. The number of nitrogens with one attached hydrogen (secondary N) is 2. The number of carbonyl (C=O) groups excluding carboxylic acids is 1. The van der Waals surface area contributed by atoms with E-state index < -0.39 is 0 Å². The third-order valence-corrected chi connectivity index (χ3v) is 4.38. The van der Waals surface area contributed by atoms with Crippen LogP contribution in [0.15, 0.2) is 53.9 Å². The number of carbonyl (C=O) groups is 1. The highest BCUT2D eigenvalue weighted by Crippen LogP contribution is 2.20. The molecule has 0 saturated heterocycles. The molecule has 1 amide bonds. The third kappa shape index (κ3) is 4.17. The number of thiophene rings is 1. The van der Waals surface area contributed by atoms with Crippen LogP contribution in [0.2, 0.25) is 0 Å². The summed E-state index contributed by atoms with van der Waals surface area (Å²) in [7, 11) is 0. The van der Waals surface area contributed by atoms with Crippen molar-refractivity contribution in [1.82, 2.24) is 10.2 Å². The zero-order valence-corrected chi connectivity index (χ0v) is 14.1. The van der Waals surface area contributed by atoms with Crippen molar-refractivity contribution in [2.45, 2.75) is 19.8 Å². The van der Waals surface area contributed by atoms with Crippen molar-refractivity contribution in [1.29, 1.82) is 0 Å². The normalized spacial score (nSPS) is 10.4. The number of nitrogens with zero attached hydrogens (tertiary/aromatic N) is 2. The highest BCUT2D eigenvalue weighted by atomic mass is 32.1. The first-order chi connectivity index (χ1) is 11.7. The molecule has 3 aromatic rings. The van der Waals surface area contributed by atoms with Crippen molar-refractivity contribution in [3.63, 3.8) is 0 Å². The summed E-state index contributed by atoms with van der Waals surface area (Å²) in [4.78, 5) is 13.0. The average Bonchev–Trinajstić information content (AvgIpc) is 3.10. The molecule has 0 saturated carbocycles. The lowest BCUT2D eigenvalue weighted by molar-refractivity contribution is -0.115. The molecule has 5 nitrogen and oxygen atoms in total. The van der Waals surface area contributed by atoms with Crippen LogP contribution in [0.3, 0.4) is 0 Å². The predicted molar refractivity (Wildman–Crippen MR) is 97.8 cm³/mol. The number of hydrogen-bond donors (Lipinski definition) is 2. The van der Waals surface area contributed by atoms with Crippen molar-refractivity contribution in [3.05, 3.63) is 64.4 Å². The number of amides is 1. The molecule has 0 aliphatic carbocycles. The van der Waals surface area contributed by atoms with Gasteiger partial charge in [0.25, 0.3) is 0 Å².